The molecule has 4 heteroatoms. The van der Waals surface area contributed by atoms with Gasteiger partial charge in [0.1, 0.15) is 18.2 Å². The first-order chi connectivity index (χ1) is 9.06. The Kier molecular flexibility index (Phi) is 4.40. The molecule has 0 bridgehead atoms. The molecule has 0 aliphatic heterocycles. The molecule has 2 aromatic carbocycles. The summed E-state index contributed by atoms with van der Waals surface area (Å²) in [5.41, 5.74) is 1.44. The predicted octanol–water partition coefficient (Wildman–Crippen LogP) is 4.11. The average molecular weight is 281 g/mol. The molecule has 0 aliphatic carbocycles. The van der Waals surface area contributed by atoms with Crippen LogP contribution in [-0.2, 0) is 6.61 Å². The van der Waals surface area contributed by atoms with Gasteiger partial charge in [-0.05, 0) is 36.8 Å². The molecule has 0 fully saturated rings. The molecule has 0 unspecified atom stereocenters. The van der Waals surface area contributed by atoms with Crippen LogP contribution in [0.15, 0.2) is 42.5 Å². The van der Waals surface area contributed by atoms with E-state index in [0.717, 1.165) is 5.56 Å². The number of ether oxygens (including phenoxy) is 1. The van der Waals surface area contributed by atoms with Crippen molar-refractivity contribution in [2.75, 3.05) is 0 Å². The molecule has 2 aromatic rings. The van der Waals surface area contributed by atoms with Crippen LogP contribution in [0.3, 0.4) is 0 Å². The maximum Gasteiger partial charge on any atom is 0.128 e. The van der Waals surface area contributed by atoms with Crippen LogP contribution >= 0.6 is 11.6 Å². The summed E-state index contributed by atoms with van der Waals surface area (Å²) in [4.78, 5) is 0. The van der Waals surface area contributed by atoms with E-state index in [9.17, 15) is 9.50 Å². The Morgan fingerprint density at radius 2 is 2.05 bits per heavy atom. The van der Waals surface area contributed by atoms with E-state index in [4.69, 9.17) is 16.3 Å². The van der Waals surface area contributed by atoms with Gasteiger partial charge in [-0.2, -0.15) is 0 Å². The summed E-state index contributed by atoms with van der Waals surface area (Å²) >= 11 is 5.88. The van der Waals surface area contributed by atoms with E-state index in [1.807, 2.05) is 12.1 Å². The third-order valence-electron chi connectivity index (χ3n) is 2.71. The number of rotatable bonds is 4. The summed E-state index contributed by atoms with van der Waals surface area (Å²) in [6.07, 6.45) is -0.713. The first-order valence-corrected chi connectivity index (χ1v) is 6.29. The van der Waals surface area contributed by atoms with Crippen molar-refractivity contribution in [2.24, 2.45) is 0 Å². The molecule has 2 nitrogen and oxygen atoms in total. The van der Waals surface area contributed by atoms with Crippen molar-refractivity contribution in [1.29, 1.82) is 0 Å². The summed E-state index contributed by atoms with van der Waals surface area (Å²) < 4.78 is 18.8. The standard InChI is InChI=1S/C15H14ClFO2/c1-10(18)14-6-5-13(17)8-15(14)19-9-11-3-2-4-12(16)7-11/h2-8,10,18H,9H2,1H3/t10-/m0/s1. The Morgan fingerprint density at radius 3 is 2.74 bits per heavy atom. The second kappa shape index (κ2) is 6.04. The van der Waals surface area contributed by atoms with Gasteiger partial charge in [0.15, 0.2) is 0 Å². The predicted molar refractivity (Wildman–Crippen MR) is 72.8 cm³/mol. The zero-order chi connectivity index (χ0) is 13.8. The van der Waals surface area contributed by atoms with Crippen molar-refractivity contribution in [3.05, 3.63) is 64.4 Å². The summed E-state index contributed by atoms with van der Waals surface area (Å²) in [6, 6.07) is 11.3. The molecular formula is C15H14ClFO2. The van der Waals surface area contributed by atoms with E-state index in [2.05, 4.69) is 0 Å². The fourth-order valence-electron chi connectivity index (χ4n) is 1.77. The summed E-state index contributed by atoms with van der Waals surface area (Å²) in [6.45, 7) is 1.88. The smallest absolute Gasteiger partial charge is 0.128 e. The molecule has 0 saturated carbocycles. The second-order valence-electron chi connectivity index (χ2n) is 4.28. The molecule has 0 aromatic heterocycles. The quantitative estimate of drug-likeness (QED) is 0.913. The lowest BCUT2D eigenvalue weighted by Gasteiger charge is -2.13. The van der Waals surface area contributed by atoms with Gasteiger partial charge in [-0.3, -0.25) is 0 Å². The van der Waals surface area contributed by atoms with Crippen molar-refractivity contribution >= 4 is 11.6 Å². The number of halogens is 2. The highest BCUT2D eigenvalue weighted by molar-refractivity contribution is 6.30. The monoisotopic (exact) mass is 280 g/mol. The third-order valence-corrected chi connectivity index (χ3v) is 2.94. The van der Waals surface area contributed by atoms with Gasteiger partial charge in [-0.1, -0.05) is 23.7 Å². The van der Waals surface area contributed by atoms with Gasteiger partial charge >= 0.3 is 0 Å². The Hall–Kier alpha value is -1.58. The minimum atomic E-state index is -0.713. The summed E-state index contributed by atoms with van der Waals surface area (Å²) in [5.74, 6) is -0.0551. The maximum absolute atomic E-state index is 13.2. The SMILES string of the molecule is C[C@H](O)c1ccc(F)cc1OCc1cccc(Cl)c1. The molecule has 0 saturated heterocycles. The maximum atomic E-state index is 13.2. The molecule has 0 heterocycles. The molecule has 1 atom stereocenters. The number of hydrogen-bond donors (Lipinski definition) is 1. The van der Waals surface area contributed by atoms with Crippen LogP contribution in [0.1, 0.15) is 24.2 Å². The molecule has 2 rings (SSSR count). The molecule has 0 amide bonds. The lowest BCUT2D eigenvalue weighted by atomic mass is 10.1. The zero-order valence-electron chi connectivity index (χ0n) is 10.4. The van der Waals surface area contributed by atoms with Crippen molar-refractivity contribution in [1.82, 2.24) is 0 Å². The molecular weight excluding hydrogens is 267 g/mol. The lowest BCUT2D eigenvalue weighted by Crippen LogP contribution is -2.01. The first-order valence-electron chi connectivity index (χ1n) is 5.91. The molecule has 100 valence electrons. The van der Waals surface area contributed by atoms with Crippen molar-refractivity contribution in [2.45, 2.75) is 19.6 Å². The van der Waals surface area contributed by atoms with Crippen LogP contribution in [-0.4, -0.2) is 5.11 Å². The Morgan fingerprint density at radius 1 is 1.26 bits per heavy atom. The van der Waals surface area contributed by atoms with E-state index < -0.39 is 11.9 Å². The van der Waals surface area contributed by atoms with Gasteiger partial charge in [0.25, 0.3) is 0 Å². The summed E-state index contributed by atoms with van der Waals surface area (Å²) in [5, 5.41) is 10.2. The zero-order valence-corrected chi connectivity index (χ0v) is 11.2. The van der Waals surface area contributed by atoms with Crippen LogP contribution in [0.5, 0.6) is 5.75 Å². The van der Waals surface area contributed by atoms with Crippen LogP contribution < -0.4 is 4.74 Å². The number of hydrogen-bond acceptors (Lipinski definition) is 2. The van der Waals surface area contributed by atoms with Crippen LogP contribution in [0, 0.1) is 5.82 Å². The first kappa shape index (κ1) is 13.8. The fourth-order valence-corrected chi connectivity index (χ4v) is 1.98. The molecule has 1 N–H and O–H groups in total. The van der Waals surface area contributed by atoms with E-state index >= 15 is 0 Å². The van der Waals surface area contributed by atoms with Gasteiger partial charge in [-0.25, -0.2) is 4.39 Å². The minimum Gasteiger partial charge on any atom is -0.488 e. The molecule has 0 aliphatic rings. The number of benzene rings is 2. The minimum absolute atomic E-state index is 0.268. The number of aliphatic hydroxyl groups excluding tert-OH is 1. The largest absolute Gasteiger partial charge is 0.488 e. The third kappa shape index (κ3) is 3.69. The average Bonchev–Trinajstić information content (AvgIpc) is 2.36. The normalized spacial score (nSPS) is 12.2. The van der Waals surface area contributed by atoms with Crippen molar-refractivity contribution in [3.63, 3.8) is 0 Å². The van der Waals surface area contributed by atoms with Gasteiger partial charge in [0.05, 0.1) is 6.10 Å². The van der Waals surface area contributed by atoms with E-state index in [1.165, 1.54) is 18.2 Å². The number of aliphatic hydroxyl groups is 1. The van der Waals surface area contributed by atoms with E-state index in [0.29, 0.717) is 16.3 Å². The highest BCUT2D eigenvalue weighted by atomic mass is 35.5. The van der Waals surface area contributed by atoms with Gasteiger partial charge < -0.3 is 9.84 Å². The highest BCUT2D eigenvalue weighted by Crippen LogP contribution is 2.27. The van der Waals surface area contributed by atoms with E-state index in [1.54, 1.807) is 19.1 Å². The highest BCUT2D eigenvalue weighted by Gasteiger charge is 2.10. The van der Waals surface area contributed by atoms with Crippen LogP contribution in [0.25, 0.3) is 0 Å². The molecule has 19 heavy (non-hydrogen) atoms. The lowest BCUT2D eigenvalue weighted by molar-refractivity contribution is 0.190. The Balaban J connectivity index is 2.17. The fraction of sp³-hybridized carbons (Fsp3) is 0.200. The van der Waals surface area contributed by atoms with Crippen molar-refractivity contribution < 1.29 is 14.2 Å². The second-order valence-corrected chi connectivity index (χ2v) is 4.71. The summed E-state index contributed by atoms with van der Waals surface area (Å²) in [7, 11) is 0. The van der Waals surface area contributed by atoms with E-state index in [-0.39, 0.29) is 6.61 Å². The Labute approximate surface area is 116 Å². The van der Waals surface area contributed by atoms with Crippen LogP contribution in [0.4, 0.5) is 4.39 Å². The van der Waals surface area contributed by atoms with Crippen molar-refractivity contribution in [3.8, 4) is 5.75 Å². The van der Waals surface area contributed by atoms with Gasteiger partial charge in [0, 0.05) is 16.7 Å². The Bertz CT molecular complexity index is 570. The topological polar surface area (TPSA) is 29.5 Å². The van der Waals surface area contributed by atoms with Gasteiger partial charge in [0.2, 0.25) is 0 Å². The van der Waals surface area contributed by atoms with Crippen LogP contribution in [0.2, 0.25) is 5.02 Å². The van der Waals surface area contributed by atoms with Gasteiger partial charge in [-0.15, -0.1) is 0 Å². The molecule has 0 spiro atoms. The molecule has 0 radical (unpaired) electrons.